The Morgan fingerprint density at radius 3 is 2.50 bits per heavy atom. The van der Waals surface area contributed by atoms with Crippen LogP contribution in [0.15, 0.2) is 42.9 Å². The van der Waals surface area contributed by atoms with Gasteiger partial charge in [0.15, 0.2) is 11.5 Å². The van der Waals surface area contributed by atoms with E-state index in [0.29, 0.717) is 17.6 Å². The number of benzene rings is 1. The number of anilines is 2. The SMILES string of the molecule is COC(=O)CCc1ccc(NC(=O)Nc2nccnc2C(=O)OC)c2ncccc12. The third-order valence-electron chi connectivity index (χ3n) is 4.24. The zero-order chi connectivity index (χ0) is 21.5. The number of hydrogen-bond acceptors (Lipinski definition) is 8. The number of aromatic nitrogens is 3. The Labute approximate surface area is 171 Å². The topological polar surface area (TPSA) is 132 Å². The minimum absolute atomic E-state index is 0.0335. The van der Waals surface area contributed by atoms with Crippen LogP contribution in [0.3, 0.4) is 0 Å². The lowest BCUT2D eigenvalue weighted by Crippen LogP contribution is -2.23. The molecule has 10 nitrogen and oxygen atoms in total. The molecule has 0 aliphatic rings. The van der Waals surface area contributed by atoms with Gasteiger partial charge in [0.1, 0.15) is 0 Å². The summed E-state index contributed by atoms with van der Waals surface area (Å²) in [6.45, 7) is 0. The quantitative estimate of drug-likeness (QED) is 0.594. The van der Waals surface area contributed by atoms with Crippen molar-refractivity contribution in [1.29, 1.82) is 0 Å². The summed E-state index contributed by atoms with van der Waals surface area (Å²) in [7, 11) is 2.55. The fourth-order valence-corrected chi connectivity index (χ4v) is 2.83. The number of nitrogens with zero attached hydrogens (tertiary/aromatic N) is 3. The van der Waals surface area contributed by atoms with Crippen molar-refractivity contribution < 1.29 is 23.9 Å². The number of carbonyl (C=O) groups excluding carboxylic acids is 3. The number of pyridine rings is 1. The number of urea groups is 1. The lowest BCUT2D eigenvalue weighted by molar-refractivity contribution is -0.140. The van der Waals surface area contributed by atoms with E-state index in [4.69, 9.17) is 0 Å². The molecule has 0 saturated carbocycles. The molecule has 30 heavy (non-hydrogen) atoms. The highest BCUT2D eigenvalue weighted by molar-refractivity contribution is 6.07. The molecule has 1 aromatic carbocycles. The number of ether oxygens (including phenoxy) is 2. The first kappa shape index (κ1) is 20.6. The van der Waals surface area contributed by atoms with Gasteiger partial charge in [-0.15, -0.1) is 0 Å². The molecule has 2 amide bonds. The first-order valence-corrected chi connectivity index (χ1v) is 8.94. The maximum absolute atomic E-state index is 12.5. The summed E-state index contributed by atoms with van der Waals surface area (Å²) >= 11 is 0. The van der Waals surface area contributed by atoms with Gasteiger partial charge in [-0.2, -0.15) is 0 Å². The van der Waals surface area contributed by atoms with Crippen LogP contribution in [0.2, 0.25) is 0 Å². The number of nitrogens with one attached hydrogen (secondary N) is 2. The third kappa shape index (κ3) is 4.66. The lowest BCUT2D eigenvalue weighted by Gasteiger charge is -2.12. The molecule has 0 bridgehead atoms. The van der Waals surface area contributed by atoms with E-state index in [2.05, 4.69) is 35.1 Å². The largest absolute Gasteiger partial charge is 0.469 e. The number of carbonyl (C=O) groups is 3. The van der Waals surface area contributed by atoms with E-state index in [1.54, 1.807) is 18.3 Å². The monoisotopic (exact) mass is 409 g/mol. The van der Waals surface area contributed by atoms with Gasteiger partial charge in [0.05, 0.1) is 25.4 Å². The van der Waals surface area contributed by atoms with Gasteiger partial charge in [-0.1, -0.05) is 12.1 Å². The highest BCUT2D eigenvalue weighted by Gasteiger charge is 2.17. The zero-order valence-electron chi connectivity index (χ0n) is 16.3. The fourth-order valence-electron chi connectivity index (χ4n) is 2.83. The summed E-state index contributed by atoms with van der Waals surface area (Å²) in [5.41, 5.74) is 1.79. The molecule has 0 unspecified atom stereocenters. The van der Waals surface area contributed by atoms with Gasteiger partial charge in [0, 0.05) is 30.4 Å². The second kappa shape index (κ2) is 9.41. The van der Waals surface area contributed by atoms with Crippen molar-refractivity contribution >= 4 is 40.4 Å². The number of amides is 2. The van der Waals surface area contributed by atoms with Crippen molar-refractivity contribution in [1.82, 2.24) is 15.0 Å². The molecule has 0 aliphatic carbocycles. The predicted octanol–water partition coefficient (Wildman–Crippen LogP) is 2.56. The summed E-state index contributed by atoms with van der Waals surface area (Å²) < 4.78 is 9.33. The highest BCUT2D eigenvalue weighted by atomic mass is 16.5. The lowest BCUT2D eigenvalue weighted by atomic mass is 10.0. The summed E-state index contributed by atoms with van der Waals surface area (Å²) in [4.78, 5) is 47.9. The first-order chi connectivity index (χ1) is 14.5. The van der Waals surface area contributed by atoms with Crippen LogP contribution in [0.25, 0.3) is 10.9 Å². The van der Waals surface area contributed by atoms with E-state index < -0.39 is 12.0 Å². The highest BCUT2D eigenvalue weighted by Crippen LogP contribution is 2.26. The molecule has 2 heterocycles. The predicted molar refractivity (Wildman–Crippen MR) is 108 cm³/mol. The van der Waals surface area contributed by atoms with Crippen LogP contribution in [-0.4, -0.2) is 47.1 Å². The zero-order valence-corrected chi connectivity index (χ0v) is 16.3. The Morgan fingerprint density at radius 1 is 0.933 bits per heavy atom. The molecule has 0 saturated heterocycles. The second-order valence-electron chi connectivity index (χ2n) is 6.07. The van der Waals surface area contributed by atoms with Gasteiger partial charge in [-0.05, 0) is 24.1 Å². The van der Waals surface area contributed by atoms with Crippen molar-refractivity contribution in [3.63, 3.8) is 0 Å². The average Bonchev–Trinajstić information content (AvgIpc) is 2.78. The Kier molecular flexibility index (Phi) is 6.48. The Hall–Kier alpha value is -4.08. The second-order valence-corrected chi connectivity index (χ2v) is 6.07. The van der Waals surface area contributed by atoms with Crippen molar-refractivity contribution in [2.45, 2.75) is 12.8 Å². The first-order valence-electron chi connectivity index (χ1n) is 8.94. The molecule has 2 N–H and O–H groups in total. The summed E-state index contributed by atoms with van der Waals surface area (Å²) in [5.74, 6) is -1.06. The minimum atomic E-state index is -0.722. The van der Waals surface area contributed by atoms with Crippen LogP contribution in [0.1, 0.15) is 22.5 Å². The van der Waals surface area contributed by atoms with Crippen LogP contribution < -0.4 is 10.6 Å². The molecule has 3 aromatic rings. The Morgan fingerprint density at radius 2 is 1.73 bits per heavy atom. The molecule has 154 valence electrons. The van der Waals surface area contributed by atoms with Crippen molar-refractivity contribution in [3.8, 4) is 0 Å². The Balaban J connectivity index is 1.82. The van der Waals surface area contributed by atoms with Gasteiger partial charge < -0.3 is 14.8 Å². The van der Waals surface area contributed by atoms with E-state index in [1.165, 1.54) is 26.6 Å². The van der Waals surface area contributed by atoms with Crippen molar-refractivity contribution in [2.75, 3.05) is 24.9 Å². The number of fused-ring (bicyclic) bond motifs is 1. The standard InChI is InChI=1S/C20H19N5O5/c1-29-15(26)8-6-12-5-7-14(16-13(12)4-3-9-21-16)24-20(28)25-18-17(19(27)30-2)22-10-11-23-18/h3-5,7,9-11H,6,8H2,1-2H3,(H2,23,24,25,28). The Bertz CT molecular complexity index is 1100. The molecule has 10 heteroatoms. The van der Waals surface area contributed by atoms with Crippen molar-refractivity contribution in [2.24, 2.45) is 0 Å². The number of aryl methyl sites for hydroxylation is 1. The minimum Gasteiger partial charge on any atom is -0.469 e. The van der Waals surface area contributed by atoms with Gasteiger partial charge in [-0.25, -0.2) is 19.6 Å². The average molecular weight is 409 g/mol. The van der Waals surface area contributed by atoms with Crippen LogP contribution in [0.5, 0.6) is 0 Å². The molecule has 3 rings (SSSR count). The summed E-state index contributed by atoms with van der Waals surface area (Å²) in [6, 6.07) is 6.51. The number of rotatable bonds is 6. The van der Waals surface area contributed by atoms with Crippen LogP contribution in [0.4, 0.5) is 16.3 Å². The van der Waals surface area contributed by atoms with Crippen LogP contribution in [-0.2, 0) is 20.7 Å². The number of hydrogen-bond donors (Lipinski definition) is 2. The van der Waals surface area contributed by atoms with Crippen LogP contribution >= 0.6 is 0 Å². The molecular formula is C20H19N5O5. The van der Waals surface area contributed by atoms with Gasteiger partial charge in [0.25, 0.3) is 0 Å². The van der Waals surface area contributed by atoms with Crippen molar-refractivity contribution in [3.05, 3.63) is 54.1 Å². The molecular weight excluding hydrogens is 390 g/mol. The van der Waals surface area contributed by atoms with Gasteiger partial charge >= 0.3 is 18.0 Å². The summed E-state index contributed by atoms with van der Waals surface area (Å²) in [5, 5.41) is 5.98. The van der Waals surface area contributed by atoms with E-state index >= 15 is 0 Å². The molecule has 0 fully saturated rings. The van der Waals surface area contributed by atoms with Crippen LogP contribution in [0, 0.1) is 0 Å². The normalized spacial score (nSPS) is 10.3. The molecule has 2 aromatic heterocycles. The van der Waals surface area contributed by atoms with Gasteiger partial charge in [-0.3, -0.25) is 15.1 Å². The number of methoxy groups -OCH3 is 2. The maximum Gasteiger partial charge on any atom is 0.360 e. The van der Waals surface area contributed by atoms with Gasteiger partial charge in [0.2, 0.25) is 0 Å². The fraction of sp³-hybridized carbons (Fsp3) is 0.200. The summed E-state index contributed by atoms with van der Waals surface area (Å²) in [6.07, 6.45) is 4.97. The molecule has 0 aliphatic heterocycles. The van der Waals surface area contributed by atoms with E-state index in [-0.39, 0.29) is 23.9 Å². The number of esters is 2. The molecule has 0 radical (unpaired) electrons. The maximum atomic E-state index is 12.5. The molecule has 0 spiro atoms. The third-order valence-corrected chi connectivity index (χ3v) is 4.24. The smallest absolute Gasteiger partial charge is 0.360 e. The van der Waals surface area contributed by atoms with E-state index in [9.17, 15) is 14.4 Å². The van der Waals surface area contributed by atoms with E-state index in [0.717, 1.165) is 10.9 Å². The van der Waals surface area contributed by atoms with E-state index in [1.807, 2.05) is 12.1 Å². The molecule has 0 atom stereocenters.